The number of rotatable bonds is 3. The van der Waals surface area contributed by atoms with E-state index in [0.717, 1.165) is 0 Å². The Balaban J connectivity index is 2.25. The van der Waals surface area contributed by atoms with Crippen LogP contribution in [0.15, 0.2) is 27.8 Å². The molecule has 0 unspecified atom stereocenters. The molecule has 0 aliphatic rings. The molecule has 7 nitrogen and oxygen atoms in total. The van der Waals surface area contributed by atoms with Crippen molar-refractivity contribution in [3.05, 3.63) is 61.7 Å². The summed E-state index contributed by atoms with van der Waals surface area (Å²) in [7, 11) is 0. The maximum atomic E-state index is 13.8. The van der Waals surface area contributed by atoms with Crippen LogP contribution in [-0.2, 0) is 6.61 Å². The fourth-order valence-corrected chi connectivity index (χ4v) is 2.55. The molecule has 3 rings (SSSR count). The molecule has 1 atom stereocenters. The third-order valence-electron chi connectivity index (χ3n) is 3.86. The number of halogens is 1. The average molecular weight is 318 g/mol. The van der Waals surface area contributed by atoms with Gasteiger partial charge in [0, 0.05) is 0 Å². The molecule has 0 radical (unpaired) electrons. The molecule has 0 amide bonds. The first-order valence-electron chi connectivity index (χ1n) is 7.03. The number of hydrogen-bond donors (Lipinski definition) is 3. The molecule has 3 N–H and O–H groups in total. The van der Waals surface area contributed by atoms with Crippen LogP contribution in [-0.4, -0.2) is 24.9 Å². The van der Waals surface area contributed by atoms with Gasteiger partial charge in [0.05, 0.1) is 12.6 Å². The van der Waals surface area contributed by atoms with Gasteiger partial charge in [-0.2, -0.15) is 5.10 Å². The highest BCUT2D eigenvalue weighted by atomic mass is 19.1. The number of benzene rings is 1. The number of hydrogen-bond acceptors (Lipinski definition) is 4. The normalized spacial score (nSPS) is 12.7. The molecule has 0 saturated carbocycles. The monoisotopic (exact) mass is 318 g/mol. The van der Waals surface area contributed by atoms with Crippen molar-refractivity contribution in [2.45, 2.75) is 26.5 Å². The van der Waals surface area contributed by atoms with E-state index in [-0.39, 0.29) is 22.5 Å². The first-order chi connectivity index (χ1) is 10.9. The summed E-state index contributed by atoms with van der Waals surface area (Å²) in [4.78, 5) is 28.1. The highest BCUT2D eigenvalue weighted by Gasteiger charge is 2.19. The van der Waals surface area contributed by atoms with E-state index in [9.17, 15) is 19.1 Å². The minimum absolute atomic E-state index is 0.117. The van der Waals surface area contributed by atoms with Crippen LogP contribution >= 0.6 is 0 Å². The Labute approximate surface area is 129 Å². The molecule has 0 spiro atoms. The van der Waals surface area contributed by atoms with Crippen LogP contribution < -0.4 is 11.2 Å². The second-order valence-corrected chi connectivity index (χ2v) is 5.37. The number of aromatic nitrogens is 4. The summed E-state index contributed by atoms with van der Waals surface area (Å²) < 4.78 is 15.2. The van der Waals surface area contributed by atoms with E-state index in [4.69, 9.17) is 0 Å². The Morgan fingerprint density at radius 3 is 2.74 bits per heavy atom. The Morgan fingerprint density at radius 2 is 2.09 bits per heavy atom. The number of aliphatic hydroxyl groups is 1. The van der Waals surface area contributed by atoms with Crippen molar-refractivity contribution in [1.82, 2.24) is 19.7 Å². The smallest absolute Gasteiger partial charge is 0.327 e. The minimum Gasteiger partial charge on any atom is -0.390 e. The van der Waals surface area contributed by atoms with E-state index < -0.39 is 23.9 Å². The Bertz CT molecular complexity index is 1000. The predicted molar refractivity (Wildman–Crippen MR) is 81.8 cm³/mol. The van der Waals surface area contributed by atoms with Gasteiger partial charge in [-0.3, -0.25) is 14.8 Å². The van der Waals surface area contributed by atoms with Crippen LogP contribution in [0.1, 0.15) is 29.8 Å². The molecule has 0 saturated heterocycles. The molecule has 0 bridgehead atoms. The molecule has 1 aromatic carbocycles. The van der Waals surface area contributed by atoms with E-state index >= 15 is 0 Å². The van der Waals surface area contributed by atoms with Gasteiger partial charge in [-0.05, 0) is 31.0 Å². The van der Waals surface area contributed by atoms with Crippen LogP contribution in [0.4, 0.5) is 4.39 Å². The third-order valence-corrected chi connectivity index (χ3v) is 3.86. The second-order valence-electron chi connectivity index (χ2n) is 5.37. The van der Waals surface area contributed by atoms with Gasteiger partial charge in [0.15, 0.2) is 0 Å². The van der Waals surface area contributed by atoms with Crippen molar-refractivity contribution in [3.63, 3.8) is 0 Å². The fraction of sp³-hybridized carbons (Fsp3) is 0.267. The lowest BCUT2D eigenvalue weighted by Gasteiger charge is -2.14. The third kappa shape index (κ3) is 2.46. The van der Waals surface area contributed by atoms with E-state index in [0.29, 0.717) is 11.1 Å². The molecular formula is C15H15FN4O3. The van der Waals surface area contributed by atoms with Crippen molar-refractivity contribution in [2.75, 3.05) is 0 Å². The maximum Gasteiger partial charge on any atom is 0.327 e. The van der Waals surface area contributed by atoms with Gasteiger partial charge in [-0.15, -0.1) is 0 Å². The fourth-order valence-electron chi connectivity index (χ4n) is 2.55. The van der Waals surface area contributed by atoms with Gasteiger partial charge in [0.1, 0.15) is 22.5 Å². The van der Waals surface area contributed by atoms with E-state index in [1.807, 2.05) is 0 Å². The predicted octanol–water partition coefficient (Wildman–Crippen LogP) is 0.962. The Kier molecular flexibility index (Phi) is 3.61. The summed E-state index contributed by atoms with van der Waals surface area (Å²) in [5.41, 5.74) is 0.195. The first kappa shape index (κ1) is 15.2. The van der Waals surface area contributed by atoms with Crippen molar-refractivity contribution < 1.29 is 9.50 Å². The second kappa shape index (κ2) is 5.47. The van der Waals surface area contributed by atoms with Crippen molar-refractivity contribution in [3.8, 4) is 0 Å². The van der Waals surface area contributed by atoms with Gasteiger partial charge >= 0.3 is 5.69 Å². The van der Waals surface area contributed by atoms with Crippen molar-refractivity contribution in [1.29, 1.82) is 0 Å². The first-order valence-corrected chi connectivity index (χ1v) is 7.03. The zero-order valence-electron chi connectivity index (χ0n) is 12.6. The van der Waals surface area contributed by atoms with Gasteiger partial charge in [-0.25, -0.2) is 13.9 Å². The number of aryl methyl sites for hydroxylation is 1. The van der Waals surface area contributed by atoms with Gasteiger partial charge in [0.25, 0.3) is 5.56 Å². The van der Waals surface area contributed by atoms with Crippen LogP contribution in [0.3, 0.4) is 0 Å². The maximum absolute atomic E-state index is 13.8. The zero-order valence-corrected chi connectivity index (χ0v) is 12.6. The van der Waals surface area contributed by atoms with Crippen LogP contribution in [0.25, 0.3) is 11.0 Å². The molecule has 2 aromatic heterocycles. The lowest BCUT2D eigenvalue weighted by molar-refractivity contribution is 0.276. The van der Waals surface area contributed by atoms with E-state index in [1.54, 1.807) is 26.0 Å². The number of aromatic amines is 2. The van der Waals surface area contributed by atoms with Gasteiger partial charge in [0.2, 0.25) is 0 Å². The minimum atomic E-state index is -0.671. The molecule has 0 fully saturated rings. The summed E-state index contributed by atoms with van der Waals surface area (Å²) in [6, 6.07) is 4.35. The van der Waals surface area contributed by atoms with Crippen molar-refractivity contribution >= 4 is 11.0 Å². The Morgan fingerprint density at radius 1 is 1.35 bits per heavy atom. The molecule has 8 heteroatoms. The van der Waals surface area contributed by atoms with Crippen LogP contribution in [0.5, 0.6) is 0 Å². The highest BCUT2D eigenvalue weighted by Crippen LogP contribution is 2.23. The number of aliphatic hydroxyl groups excluding tert-OH is 1. The average Bonchev–Trinajstić information content (AvgIpc) is 2.88. The number of H-pyrrole nitrogens is 2. The number of fused-ring (bicyclic) bond motifs is 1. The lowest BCUT2D eigenvalue weighted by Crippen LogP contribution is -2.23. The molecule has 23 heavy (non-hydrogen) atoms. The molecule has 2 heterocycles. The van der Waals surface area contributed by atoms with E-state index in [1.165, 1.54) is 10.7 Å². The lowest BCUT2D eigenvalue weighted by atomic mass is 10.1. The summed E-state index contributed by atoms with van der Waals surface area (Å²) >= 11 is 0. The largest absolute Gasteiger partial charge is 0.390 e. The van der Waals surface area contributed by atoms with Crippen LogP contribution in [0, 0.1) is 12.7 Å². The quantitative estimate of drug-likeness (QED) is 0.669. The molecule has 0 aliphatic heterocycles. The highest BCUT2D eigenvalue weighted by molar-refractivity contribution is 5.77. The van der Waals surface area contributed by atoms with Crippen molar-refractivity contribution in [2.24, 2.45) is 0 Å². The molecule has 120 valence electrons. The summed E-state index contributed by atoms with van der Waals surface area (Å²) in [5, 5.41) is 13.7. The summed E-state index contributed by atoms with van der Waals surface area (Å²) in [5.74, 6) is -0.348. The van der Waals surface area contributed by atoms with Gasteiger partial charge < -0.3 is 5.11 Å². The summed E-state index contributed by atoms with van der Waals surface area (Å²) in [6.45, 7) is 2.97. The van der Waals surface area contributed by atoms with E-state index in [2.05, 4.69) is 15.1 Å². The number of nitrogens with one attached hydrogen (secondary N) is 2. The molecular weight excluding hydrogens is 303 g/mol. The zero-order chi connectivity index (χ0) is 16.7. The summed E-state index contributed by atoms with van der Waals surface area (Å²) in [6.07, 6.45) is 0. The standard InChI is InChI=1S/C15H15FN4O3/c1-7-3-4-9(5-10(7)16)8(2)20-13-12(11(6-21)19-20)14(22)18-15(23)17-13/h3-5,8,21H,6H2,1-2H3,(H2,17,18,22,23)/t8-/m0/s1. The molecule has 3 aromatic rings. The van der Waals surface area contributed by atoms with Crippen LogP contribution in [0.2, 0.25) is 0 Å². The molecule has 0 aliphatic carbocycles. The SMILES string of the molecule is Cc1ccc([C@H](C)n2nc(CO)c3c(=O)[nH]c(=O)[nH]c32)cc1F. The van der Waals surface area contributed by atoms with Gasteiger partial charge in [-0.1, -0.05) is 12.1 Å². The topological polar surface area (TPSA) is 104 Å². The number of nitrogens with zero attached hydrogens (tertiary/aromatic N) is 2. The Hall–Kier alpha value is -2.74.